The van der Waals surface area contributed by atoms with Crippen LogP contribution in [-0.2, 0) is 16.2 Å². The number of benzene rings is 2. The van der Waals surface area contributed by atoms with Gasteiger partial charge in [0.1, 0.15) is 18.1 Å². The van der Waals surface area contributed by atoms with Crippen molar-refractivity contribution in [3.63, 3.8) is 0 Å². The highest BCUT2D eigenvalue weighted by atomic mass is 16.5. The number of aromatic nitrogens is 1. The molecule has 9 nitrogen and oxygen atoms in total. The van der Waals surface area contributed by atoms with Gasteiger partial charge in [-0.15, -0.1) is 0 Å². The molecule has 0 saturated carbocycles. The maximum atomic E-state index is 13.5. The topological polar surface area (TPSA) is 121 Å². The van der Waals surface area contributed by atoms with Gasteiger partial charge in [0.15, 0.2) is 0 Å². The van der Waals surface area contributed by atoms with Crippen molar-refractivity contribution in [2.75, 3.05) is 13.1 Å². The number of ketones is 1. The van der Waals surface area contributed by atoms with E-state index in [9.17, 15) is 14.4 Å². The van der Waals surface area contributed by atoms with Gasteiger partial charge in [-0.05, 0) is 75.4 Å². The molecule has 0 bridgehead atoms. The zero-order valence-corrected chi connectivity index (χ0v) is 23.4. The van der Waals surface area contributed by atoms with Crippen molar-refractivity contribution in [1.82, 2.24) is 20.7 Å². The Morgan fingerprint density at radius 1 is 1.15 bits per heavy atom. The fourth-order valence-corrected chi connectivity index (χ4v) is 5.77. The number of aryl methyl sites for hydroxylation is 1. The number of pyridine rings is 1. The Kier molecular flexibility index (Phi) is 9.50. The summed E-state index contributed by atoms with van der Waals surface area (Å²) in [5.74, 6) is -0.0843. The van der Waals surface area contributed by atoms with Crippen LogP contribution >= 0.6 is 0 Å². The van der Waals surface area contributed by atoms with Crippen LogP contribution in [0.1, 0.15) is 67.6 Å². The maximum absolute atomic E-state index is 13.5. The third kappa shape index (κ3) is 7.03. The molecule has 1 fully saturated rings. The van der Waals surface area contributed by atoms with Gasteiger partial charge in [-0.2, -0.15) is 0 Å². The maximum Gasteiger partial charge on any atom is 0.252 e. The van der Waals surface area contributed by atoms with E-state index in [0.29, 0.717) is 43.7 Å². The molecule has 9 heteroatoms. The molecule has 0 radical (unpaired) electrons. The number of rotatable bonds is 11. The molecule has 1 saturated heterocycles. The SMILES string of the molecule is CCC[C@]1(NC(=O)c2ccc(OCc3cc(C)nc4ccccc34)cc2)CC(CC(=O)NO)CCN1CC(C)=O. The molecule has 2 aromatic carbocycles. The minimum atomic E-state index is -0.772. The van der Waals surface area contributed by atoms with Crippen molar-refractivity contribution in [3.05, 3.63) is 71.4 Å². The summed E-state index contributed by atoms with van der Waals surface area (Å²) in [6.07, 6.45) is 2.77. The van der Waals surface area contributed by atoms with Crippen LogP contribution in [0.15, 0.2) is 54.6 Å². The number of hydrogen-bond donors (Lipinski definition) is 3. The lowest BCUT2D eigenvalue weighted by molar-refractivity contribution is -0.132. The molecule has 2 heterocycles. The van der Waals surface area contributed by atoms with E-state index in [1.54, 1.807) is 36.7 Å². The van der Waals surface area contributed by atoms with Crippen molar-refractivity contribution in [2.24, 2.45) is 5.92 Å². The fourth-order valence-electron chi connectivity index (χ4n) is 5.77. The molecule has 40 heavy (non-hydrogen) atoms. The molecule has 1 aliphatic heterocycles. The van der Waals surface area contributed by atoms with Gasteiger partial charge in [0.2, 0.25) is 5.91 Å². The van der Waals surface area contributed by atoms with Gasteiger partial charge in [-0.1, -0.05) is 31.5 Å². The Labute approximate surface area is 234 Å². The number of nitrogens with one attached hydrogen (secondary N) is 2. The summed E-state index contributed by atoms with van der Waals surface area (Å²) in [6.45, 7) is 6.69. The quantitative estimate of drug-likeness (QED) is 0.238. The fraction of sp³-hybridized carbons (Fsp3) is 0.419. The third-order valence-corrected chi connectivity index (χ3v) is 7.50. The summed E-state index contributed by atoms with van der Waals surface area (Å²) in [7, 11) is 0. The molecule has 212 valence electrons. The first-order chi connectivity index (χ1) is 19.2. The number of carbonyl (C=O) groups excluding carboxylic acids is 3. The molecule has 2 atom stereocenters. The predicted octanol–water partition coefficient (Wildman–Crippen LogP) is 4.54. The van der Waals surface area contributed by atoms with E-state index in [1.807, 2.05) is 49.1 Å². The van der Waals surface area contributed by atoms with Crippen molar-refractivity contribution in [2.45, 2.75) is 65.1 Å². The standard InChI is InChI=1S/C31H38N4O5/c1-4-14-31(18-23(17-29(37)34-39)13-15-35(31)19-22(3)36)33-30(38)24-9-11-26(12-10-24)40-20-25-16-21(2)32-28-8-6-5-7-27(25)28/h5-12,16,23,39H,4,13-15,17-20H2,1-3H3,(H,33,38)(H,34,37)/t23?,31-/m1/s1. The first-order valence-corrected chi connectivity index (χ1v) is 13.8. The average molecular weight is 547 g/mol. The van der Waals surface area contributed by atoms with Gasteiger partial charge in [-0.25, -0.2) is 5.48 Å². The average Bonchev–Trinajstić information content (AvgIpc) is 2.93. The number of amides is 2. The van der Waals surface area contributed by atoms with Gasteiger partial charge < -0.3 is 10.1 Å². The van der Waals surface area contributed by atoms with Gasteiger partial charge in [-0.3, -0.25) is 29.5 Å². The summed E-state index contributed by atoms with van der Waals surface area (Å²) in [4.78, 5) is 44.1. The predicted molar refractivity (Wildman–Crippen MR) is 152 cm³/mol. The van der Waals surface area contributed by atoms with Gasteiger partial charge in [0.25, 0.3) is 5.91 Å². The van der Waals surface area contributed by atoms with Crippen LogP contribution in [0.3, 0.4) is 0 Å². The van der Waals surface area contributed by atoms with E-state index in [0.717, 1.165) is 28.6 Å². The summed E-state index contributed by atoms with van der Waals surface area (Å²) in [5.41, 5.74) is 4.30. The number of piperidine rings is 1. The van der Waals surface area contributed by atoms with Crippen molar-refractivity contribution < 1.29 is 24.3 Å². The summed E-state index contributed by atoms with van der Waals surface area (Å²) < 4.78 is 6.06. The van der Waals surface area contributed by atoms with E-state index >= 15 is 0 Å². The smallest absolute Gasteiger partial charge is 0.252 e. The van der Waals surface area contributed by atoms with Gasteiger partial charge >= 0.3 is 0 Å². The second-order valence-electron chi connectivity index (χ2n) is 10.7. The highest BCUT2D eigenvalue weighted by molar-refractivity contribution is 5.95. The number of nitrogens with zero attached hydrogens (tertiary/aromatic N) is 2. The van der Waals surface area contributed by atoms with E-state index in [1.165, 1.54) is 0 Å². The minimum absolute atomic E-state index is 0.0138. The molecule has 1 unspecified atom stereocenters. The zero-order valence-electron chi connectivity index (χ0n) is 23.4. The van der Waals surface area contributed by atoms with E-state index < -0.39 is 11.6 Å². The molecule has 0 spiro atoms. The van der Waals surface area contributed by atoms with Crippen molar-refractivity contribution in [1.29, 1.82) is 0 Å². The molecule has 4 rings (SSSR count). The molecule has 1 aliphatic rings. The molecule has 1 aromatic heterocycles. The van der Waals surface area contributed by atoms with Crippen LogP contribution in [0.25, 0.3) is 10.9 Å². The normalized spacial score (nSPS) is 19.2. The monoisotopic (exact) mass is 546 g/mol. The number of ether oxygens (including phenoxy) is 1. The van der Waals surface area contributed by atoms with Crippen LogP contribution in [-0.4, -0.2) is 51.4 Å². The number of fused-ring (bicyclic) bond motifs is 1. The lowest BCUT2D eigenvalue weighted by atomic mass is 9.81. The highest BCUT2D eigenvalue weighted by Crippen LogP contribution is 2.35. The Morgan fingerprint density at radius 2 is 1.90 bits per heavy atom. The zero-order chi connectivity index (χ0) is 28.7. The molecule has 2 amide bonds. The van der Waals surface area contributed by atoms with Crippen LogP contribution < -0.4 is 15.5 Å². The van der Waals surface area contributed by atoms with Crippen LogP contribution in [0.4, 0.5) is 0 Å². The summed E-state index contributed by atoms with van der Waals surface area (Å²) in [5, 5.41) is 13.3. The molecular formula is C31H38N4O5. The number of hydroxylamine groups is 1. The summed E-state index contributed by atoms with van der Waals surface area (Å²) in [6, 6.07) is 17.0. The Balaban J connectivity index is 1.49. The first-order valence-electron chi connectivity index (χ1n) is 13.8. The van der Waals surface area contributed by atoms with E-state index in [2.05, 4.69) is 10.3 Å². The first kappa shape index (κ1) is 29.2. The molecule has 3 aromatic rings. The molecular weight excluding hydrogens is 508 g/mol. The molecule has 0 aliphatic carbocycles. The number of Topliss-reactive ketones (excluding diaryl/α,β-unsaturated/α-hetero) is 1. The lowest BCUT2D eigenvalue weighted by Gasteiger charge is -2.50. The van der Waals surface area contributed by atoms with Gasteiger partial charge in [0.05, 0.1) is 17.7 Å². The Morgan fingerprint density at radius 3 is 2.60 bits per heavy atom. The van der Waals surface area contributed by atoms with Gasteiger partial charge in [0, 0.05) is 35.2 Å². The Hall–Kier alpha value is -3.82. The van der Waals surface area contributed by atoms with Crippen LogP contribution in [0.2, 0.25) is 0 Å². The highest BCUT2D eigenvalue weighted by Gasteiger charge is 2.43. The Bertz CT molecular complexity index is 1360. The minimum Gasteiger partial charge on any atom is -0.489 e. The number of hydrogen-bond acceptors (Lipinski definition) is 7. The molecule has 3 N–H and O–H groups in total. The summed E-state index contributed by atoms with van der Waals surface area (Å²) >= 11 is 0. The van der Waals surface area contributed by atoms with Crippen molar-refractivity contribution >= 4 is 28.5 Å². The largest absolute Gasteiger partial charge is 0.489 e. The van der Waals surface area contributed by atoms with Crippen LogP contribution in [0, 0.1) is 12.8 Å². The number of likely N-dealkylation sites (tertiary alicyclic amines) is 1. The van der Waals surface area contributed by atoms with E-state index in [4.69, 9.17) is 9.94 Å². The van der Waals surface area contributed by atoms with Crippen LogP contribution in [0.5, 0.6) is 5.75 Å². The van der Waals surface area contributed by atoms with E-state index in [-0.39, 0.29) is 30.6 Å². The lowest BCUT2D eigenvalue weighted by Crippen LogP contribution is -2.65. The number of para-hydroxylation sites is 1. The third-order valence-electron chi connectivity index (χ3n) is 7.50. The second kappa shape index (κ2) is 13.0. The second-order valence-corrected chi connectivity index (χ2v) is 10.7. The number of carbonyl (C=O) groups is 3. The van der Waals surface area contributed by atoms with Crippen molar-refractivity contribution in [3.8, 4) is 5.75 Å².